The summed E-state index contributed by atoms with van der Waals surface area (Å²) in [6.07, 6.45) is 1.07. The summed E-state index contributed by atoms with van der Waals surface area (Å²) >= 11 is 0. The molecule has 0 saturated carbocycles. The Hall–Kier alpha value is -2.04. The first-order chi connectivity index (χ1) is 11.9. The molecule has 4 rings (SSSR count). The second-order valence-corrected chi connectivity index (χ2v) is 6.35. The van der Waals surface area contributed by atoms with Gasteiger partial charge in [0.05, 0.1) is 6.61 Å². The van der Waals surface area contributed by atoms with Crippen molar-refractivity contribution in [3.05, 3.63) is 59.7 Å². The first-order valence-corrected chi connectivity index (χ1v) is 8.66. The van der Waals surface area contributed by atoms with Crippen LogP contribution in [0.25, 0.3) is 0 Å². The smallest absolute Gasteiger partial charge is 0.162 e. The third-order valence-electron chi connectivity index (χ3n) is 4.58. The first kappa shape index (κ1) is 15.5. The summed E-state index contributed by atoms with van der Waals surface area (Å²) in [6.45, 7) is 5.38. The summed E-state index contributed by atoms with van der Waals surface area (Å²) in [4.78, 5) is 2.46. The first-order valence-electron chi connectivity index (χ1n) is 8.66. The van der Waals surface area contributed by atoms with Gasteiger partial charge in [0, 0.05) is 26.2 Å². The van der Waals surface area contributed by atoms with Gasteiger partial charge in [-0.1, -0.05) is 36.4 Å². The van der Waals surface area contributed by atoms with Crippen molar-refractivity contribution in [3.63, 3.8) is 0 Å². The molecule has 126 valence electrons. The molecule has 1 saturated heterocycles. The Morgan fingerprint density at radius 2 is 1.75 bits per heavy atom. The lowest BCUT2D eigenvalue weighted by atomic mass is 10.1. The SMILES string of the molecule is c1ccc2c(c1)OCC(c1ccc(CN3CCCOCC3)cc1)O2. The van der Waals surface area contributed by atoms with E-state index in [2.05, 4.69) is 29.2 Å². The molecule has 24 heavy (non-hydrogen) atoms. The van der Waals surface area contributed by atoms with E-state index in [1.165, 1.54) is 5.56 Å². The topological polar surface area (TPSA) is 30.9 Å². The summed E-state index contributed by atoms with van der Waals surface area (Å²) in [7, 11) is 0. The molecule has 0 amide bonds. The van der Waals surface area contributed by atoms with Crippen LogP contribution in [0.15, 0.2) is 48.5 Å². The lowest BCUT2D eigenvalue weighted by Gasteiger charge is -2.27. The molecule has 4 heteroatoms. The summed E-state index contributed by atoms with van der Waals surface area (Å²) in [5.41, 5.74) is 2.49. The van der Waals surface area contributed by atoms with E-state index < -0.39 is 0 Å². The average molecular weight is 325 g/mol. The average Bonchev–Trinajstić information content (AvgIpc) is 2.91. The highest BCUT2D eigenvalue weighted by Gasteiger charge is 2.22. The maximum absolute atomic E-state index is 6.07. The molecule has 2 heterocycles. The van der Waals surface area contributed by atoms with Crippen LogP contribution in [-0.4, -0.2) is 37.8 Å². The zero-order valence-electron chi connectivity index (χ0n) is 13.8. The van der Waals surface area contributed by atoms with E-state index in [1.807, 2.05) is 24.3 Å². The van der Waals surface area contributed by atoms with Gasteiger partial charge >= 0.3 is 0 Å². The Labute approximate surface area is 142 Å². The number of hydrogen-bond donors (Lipinski definition) is 0. The number of nitrogens with zero attached hydrogens (tertiary/aromatic N) is 1. The van der Waals surface area contributed by atoms with Crippen molar-refractivity contribution in [2.24, 2.45) is 0 Å². The Morgan fingerprint density at radius 3 is 2.62 bits per heavy atom. The number of benzene rings is 2. The fraction of sp³-hybridized carbons (Fsp3) is 0.400. The maximum atomic E-state index is 6.07. The van der Waals surface area contributed by atoms with Crippen LogP contribution in [-0.2, 0) is 11.3 Å². The van der Waals surface area contributed by atoms with Crippen LogP contribution < -0.4 is 9.47 Å². The zero-order valence-corrected chi connectivity index (χ0v) is 13.8. The summed E-state index contributed by atoms with van der Waals surface area (Å²) in [6, 6.07) is 16.5. The van der Waals surface area contributed by atoms with Crippen molar-refractivity contribution in [1.29, 1.82) is 0 Å². The lowest BCUT2D eigenvalue weighted by molar-refractivity contribution is 0.0913. The van der Waals surface area contributed by atoms with Crippen LogP contribution in [0, 0.1) is 0 Å². The lowest BCUT2D eigenvalue weighted by Crippen LogP contribution is -2.26. The fourth-order valence-electron chi connectivity index (χ4n) is 3.24. The minimum absolute atomic E-state index is 0.0412. The predicted molar refractivity (Wildman–Crippen MR) is 92.5 cm³/mol. The predicted octanol–water partition coefficient (Wildman–Crippen LogP) is 3.42. The van der Waals surface area contributed by atoms with E-state index >= 15 is 0 Å². The van der Waals surface area contributed by atoms with Gasteiger partial charge in [-0.05, 0) is 29.7 Å². The highest BCUT2D eigenvalue weighted by Crippen LogP contribution is 2.35. The van der Waals surface area contributed by atoms with Crippen LogP contribution in [0.4, 0.5) is 0 Å². The van der Waals surface area contributed by atoms with Crippen molar-refractivity contribution in [2.75, 3.05) is 32.9 Å². The van der Waals surface area contributed by atoms with Gasteiger partial charge < -0.3 is 14.2 Å². The number of para-hydroxylation sites is 2. The Bertz CT molecular complexity index is 663. The molecule has 4 nitrogen and oxygen atoms in total. The van der Waals surface area contributed by atoms with E-state index in [1.54, 1.807) is 0 Å². The number of rotatable bonds is 3. The van der Waals surface area contributed by atoms with Gasteiger partial charge in [-0.25, -0.2) is 0 Å². The van der Waals surface area contributed by atoms with Crippen LogP contribution in [0.1, 0.15) is 23.7 Å². The van der Waals surface area contributed by atoms with Crippen LogP contribution in [0.3, 0.4) is 0 Å². The third-order valence-corrected chi connectivity index (χ3v) is 4.58. The maximum Gasteiger partial charge on any atom is 0.162 e. The quantitative estimate of drug-likeness (QED) is 0.865. The normalized spacial score (nSPS) is 21.2. The molecule has 2 aliphatic rings. The highest BCUT2D eigenvalue weighted by atomic mass is 16.6. The molecule has 1 fully saturated rings. The highest BCUT2D eigenvalue weighted by molar-refractivity contribution is 5.41. The molecule has 2 aliphatic heterocycles. The van der Waals surface area contributed by atoms with E-state index in [9.17, 15) is 0 Å². The second kappa shape index (κ2) is 7.24. The molecular weight excluding hydrogens is 302 g/mol. The van der Waals surface area contributed by atoms with E-state index in [-0.39, 0.29) is 6.10 Å². The minimum atomic E-state index is -0.0412. The largest absolute Gasteiger partial charge is 0.485 e. The van der Waals surface area contributed by atoms with Crippen molar-refractivity contribution in [2.45, 2.75) is 19.1 Å². The molecule has 0 radical (unpaired) electrons. The van der Waals surface area contributed by atoms with Crippen molar-refractivity contribution < 1.29 is 14.2 Å². The van der Waals surface area contributed by atoms with Crippen LogP contribution in [0.5, 0.6) is 11.5 Å². The van der Waals surface area contributed by atoms with Gasteiger partial charge in [-0.3, -0.25) is 4.90 Å². The monoisotopic (exact) mass is 325 g/mol. The summed E-state index contributed by atoms with van der Waals surface area (Å²) in [5.74, 6) is 1.65. The molecule has 2 aromatic rings. The Morgan fingerprint density at radius 1 is 0.917 bits per heavy atom. The third kappa shape index (κ3) is 3.55. The van der Waals surface area contributed by atoms with E-state index in [4.69, 9.17) is 14.2 Å². The second-order valence-electron chi connectivity index (χ2n) is 6.35. The van der Waals surface area contributed by atoms with Gasteiger partial charge in [0.2, 0.25) is 0 Å². The molecular formula is C20H23NO3. The molecule has 1 atom stereocenters. The van der Waals surface area contributed by atoms with Gasteiger partial charge in [0.15, 0.2) is 17.6 Å². The number of fused-ring (bicyclic) bond motifs is 1. The Kier molecular flexibility index (Phi) is 4.67. The minimum Gasteiger partial charge on any atom is -0.485 e. The van der Waals surface area contributed by atoms with Gasteiger partial charge in [-0.2, -0.15) is 0 Å². The Balaban J connectivity index is 1.41. The van der Waals surface area contributed by atoms with Gasteiger partial charge in [0.25, 0.3) is 0 Å². The summed E-state index contributed by atoms with van der Waals surface area (Å²) < 4.78 is 17.4. The molecule has 0 spiro atoms. The van der Waals surface area contributed by atoms with Crippen molar-refractivity contribution in [3.8, 4) is 11.5 Å². The van der Waals surface area contributed by atoms with Crippen LogP contribution >= 0.6 is 0 Å². The van der Waals surface area contributed by atoms with E-state index in [0.717, 1.165) is 56.3 Å². The van der Waals surface area contributed by atoms with Gasteiger partial charge in [-0.15, -0.1) is 0 Å². The molecule has 2 aromatic carbocycles. The van der Waals surface area contributed by atoms with Crippen molar-refractivity contribution in [1.82, 2.24) is 4.90 Å². The molecule has 0 bridgehead atoms. The zero-order chi connectivity index (χ0) is 16.2. The molecule has 0 aromatic heterocycles. The fourth-order valence-corrected chi connectivity index (χ4v) is 3.24. The number of hydrogen-bond acceptors (Lipinski definition) is 4. The van der Waals surface area contributed by atoms with Crippen LogP contribution in [0.2, 0.25) is 0 Å². The molecule has 0 N–H and O–H groups in total. The standard InChI is InChI=1S/C20H23NO3/c1-2-5-19-18(4-1)23-15-20(24-19)17-8-6-16(7-9-17)14-21-10-3-12-22-13-11-21/h1-2,4-9,20H,3,10-15H2. The van der Waals surface area contributed by atoms with Crippen molar-refractivity contribution >= 4 is 0 Å². The van der Waals surface area contributed by atoms with Gasteiger partial charge in [0.1, 0.15) is 6.61 Å². The molecule has 1 unspecified atom stereocenters. The number of ether oxygens (including phenoxy) is 3. The summed E-state index contributed by atoms with van der Waals surface area (Å²) in [5, 5.41) is 0. The van der Waals surface area contributed by atoms with E-state index in [0.29, 0.717) is 6.61 Å². The molecule has 0 aliphatic carbocycles.